The van der Waals surface area contributed by atoms with Crippen molar-refractivity contribution in [2.45, 2.75) is 0 Å². The maximum atomic E-state index is 5.22. The van der Waals surface area contributed by atoms with E-state index < -0.39 is 0 Å². The SMILES string of the molecule is Brc1csc(N2CC3(COC3)C2)n1. The fraction of sp³-hybridized carbons (Fsp3) is 0.625. The number of thiazole rings is 1. The molecule has 2 aliphatic rings. The summed E-state index contributed by atoms with van der Waals surface area (Å²) in [7, 11) is 0. The van der Waals surface area contributed by atoms with Crippen molar-refractivity contribution in [1.82, 2.24) is 4.98 Å². The summed E-state index contributed by atoms with van der Waals surface area (Å²) < 4.78 is 6.16. The summed E-state index contributed by atoms with van der Waals surface area (Å²) in [4.78, 5) is 6.69. The summed E-state index contributed by atoms with van der Waals surface area (Å²) in [5.74, 6) is 0. The van der Waals surface area contributed by atoms with Crippen molar-refractivity contribution in [2.75, 3.05) is 31.2 Å². The predicted molar refractivity (Wildman–Crippen MR) is 55.3 cm³/mol. The molecule has 2 saturated heterocycles. The van der Waals surface area contributed by atoms with Crippen molar-refractivity contribution >= 4 is 32.4 Å². The predicted octanol–water partition coefficient (Wildman–Crippen LogP) is 1.74. The van der Waals surface area contributed by atoms with Gasteiger partial charge in [0.2, 0.25) is 0 Å². The zero-order valence-corrected chi connectivity index (χ0v) is 9.40. The third-order valence-electron chi connectivity index (χ3n) is 2.60. The quantitative estimate of drug-likeness (QED) is 0.770. The van der Waals surface area contributed by atoms with Gasteiger partial charge in [-0.3, -0.25) is 0 Å². The van der Waals surface area contributed by atoms with E-state index in [4.69, 9.17) is 4.74 Å². The first-order valence-corrected chi connectivity index (χ1v) is 5.88. The van der Waals surface area contributed by atoms with E-state index in [2.05, 4.69) is 25.8 Å². The Hall–Kier alpha value is -0.130. The average Bonchev–Trinajstić information content (AvgIpc) is 2.29. The second-order valence-corrected chi connectivity index (χ2v) is 5.45. The minimum atomic E-state index is 0.484. The van der Waals surface area contributed by atoms with Gasteiger partial charge in [-0.2, -0.15) is 0 Å². The molecule has 0 bridgehead atoms. The third-order valence-corrected chi connectivity index (χ3v) is 4.21. The zero-order valence-electron chi connectivity index (χ0n) is 6.99. The number of aromatic nitrogens is 1. The van der Waals surface area contributed by atoms with E-state index in [0.29, 0.717) is 5.41 Å². The van der Waals surface area contributed by atoms with Crippen molar-refractivity contribution in [3.63, 3.8) is 0 Å². The van der Waals surface area contributed by atoms with Crippen LogP contribution in [0.5, 0.6) is 0 Å². The van der Waals surface area contributed by atoms with Crippen LogP contribution in [0.1, 0.15) is 0 Å². The van der Waals surface area contributed by atoms with Crippen LogP contribution in [-0.2, 0) is 4.74 Å². The van der Waals surface area contributed by atoms with Gasteiger partial charge in [0.05, 0.1) is 18.6 Å². The summed E-state index contributed by atoms with van der Waals surface area (Å²) >= 11 is 5.06. The Kier molecular flexibility index (Phi) is 1.69. The molecule has 0 saturated carbocycles. The Morgan fingerprint density at radius 2 is 2.31 bits per heavy atom. The number of nitrogens with zero attached hydrogens (tertiary/aromatic N) is 2. The molecule has 13 heavy (non-hydrogen) atoms. The van der Waals surface area contributed by atoms with E-state index in [1.54, 1.807) is 11.3 Å². The molecule has 0 amide bonds. The molecule has 0 radical (unpaired) electrons. The van der Waals surface area contributed by atoms with E-state index in [9.17, 15) is 0 Å². The molecule has 3 rings (SSSR count). The van der Waals surface area contributed by atoms with E-state index in [-0.39, 0.29) is 0 Å². The van der Waals surface area contributed by atoms with Crippen molar-refractivity contribution in [1.29, 1.82) is 0 Å². The fourth-order valence-electron chi connectivity index (χ4n) is 1.86. The van der Waals surface area contributed by atoms with Gasteiger partial charge >= 0.3 is 0 Å². The van der Waals surface area contributed by atoms with Gasteiger partial charge in [-0.25, -0.2) is 4.98 Å². The number of anilines is 1. The molecule has 1 aromatic heterocycles. The molecule has 3 nitrogen and oxygen atoms in total. The molecular weight excluding hydrogens is 252 g/mol. The van der Waals surface area contributed by atoms with Crippen LogP contribution >= 0.6 is 27.3 Å². The maximum absolute atomic E-state index is 5.22. The van der Waals surface area contributed by atoms with Gasteiger partial charge in [0.15, 0.2) is 5.13 Å². The lowest BCUT2D eigenvalue weighted by Crippen LogP contribution is -2.66. The first-order valence-electron chi connectivity index (χ1n) is 4.21. The van der Waals surface area contributed by atoms with Gasteiger partial charge in [-0.15, -0.1) is 11.3 Å². The average molecular weight is 261 g/mol. The molecule has 1 spiro atoms. The smallest absolute Gasteiger partial charge is 0.186 e. The Morgan fingerprint density at radius 3 is 2.77 bits per heavy atom. The zero-order chi connectivity index (χ0) is 8.89. The highest BCUT2D eigenvalue weighted by Crippen LogP contribution is 2.41. The van der Waals surface area contributed by atoms with Crippen molar-refractivity contribution in [3.8, 4) is 0 Å². The molecule has 0 unspecified atom stereocenters. The first-order chi connectivity index (χ1) is 6.27. The molecule has 5 heteroatoms. The van der Waals surface area contributed by atoms with Gasteiger partial charge in [0, 0.05) is 18.5 Å². The standard InChI is InChI=1S/C8H9BrN2OS/c9-6-1-13-7(10-6)11-2-8(3-11)4-12-5-8/h1H,2-5H2. The van der Waals surface area contributed by atoms with Gasteiger partial charge in [0.1, 0.15) is 4.60 Å². The molecule has 70 valence electrons. The Labute approximate surface area is 88.8 Å². The lowest BCUT2D eigenvalue weighted by Gasteiger charge is -2.54. The van der Waals surface area contributed by atoms with Crippen LogP contribution in [0, 0.1) is 5.41 Å². The lowest BCUT2D eigenvalue weighted by atomic mass is 9.78. The molecule has 0 aliphatic carbocycles. The summed E-state index contributed by atoms with van der Waals surface area (Å²) in [6.45, 7) is 4.12. The Morgan fingerprint density at radius 1 is 1.54 bits per heavy atom. The fourth-order valence-corrected chi connectivity index (χ4v) is 3.11. The maximum Gasteiger partial charge on any atom is 0.186 e. The monoisotopic (exact) mass is 260 g/mol. The second-order valence-electron chi connectivity index (χ2n) is 3.80. The summed E-state index contributed by atoms with van der Waals surface area (Å²) in [5, 5.41) is 3.15. The normalized spacial score (nSPS) is 24.2. The molecule has 0 aromatic carbocycles. The van der Waals surface area contributed by atoms with E-state index >= 15 is 0 Å². The molecule has 2 fully saturated rings. The third kappa shape index (κ3) is 1.21. The number of rotatable bonds is 1. The van der Waals surface area contributed by atoms with E-state index in [1.165, 1.54) is 0 Å². The summed E-state index contributed by atoms with van der Waals surface area (Å²) in [6.07, 6.45) is 0. The van der Waals surface area contributed by atoms with Crippen molar-refractivity contribution in [3.05, 3.63) is 9.98 Å². The van der Waals surface area contributed by atoms with E-state index in [1.807, 2.05) is 5.38 Å². The minimum absolute atomic E-state index is 0.484. The van der Waals surface area contributed by atoms with E-state index in [0.717, 1.165) is 36.0 Å². The van der Waals surface area contributed by atoms with Crippen LogP contribution in [-0.4, -0.2) is 31.3 Å². The number of hydrogen-bond donors (Lipinski definition) is 0. The highest BCUT2D eigenvalue weighted by molar-refractivity contribution is 9.10. The van der Waals surface area contributed by atoms with Gasteiger partial charge in [-0.1, -0.05) is 0 Å². The molecule has 1 aromatic rings. The second kappa shape index (κ2) is 2.68. The Balaban J connectivity index is 1.70. The summed E-state index contributed by atoms with van der Waals surface area (Å²) in [5.41, 5.74) is 0.484. The number of ether oxygens (including phenoxy) is 1. The minimum Gasteiger partial charge on any atom is -0.380 e. The molecule has 3 heterocycles. The van der Waals surface area contributed by atoms with Crippen LogP contribution in [0.25, 0.3) is 0 Å². The van der Waals surface area contributed by atoms with Crippen LogP contribution in [0.2, 0.25) is 0 Å². The topological polar surface area (TPSA) is 25.4 Å². The molecule has 2 aliphatic heterocycles. The van der Waals surface area contributed by atoms with Crippen LogP contribution in [0.4, 0.5) is 5.13 Å². The van der Waals surface area contributed by atoms with Crippen molar-refractivity contribution in [2.24, 2.45) is 5.41 Å². The highest BCUT2D eigenvalue weighted by atomic mass is 79.9. The van der Waals surface area contributed by atoms with Gasteiger partial charge in [0.25, 0.3) is 0 Å². The molecule has 0 atom stereocenters. The van der Waals surface area contributed by atoms with Gasteiger partial charge < -0.3 is 9.64 Å². The first kappa shape index (κ1) is 8.20. The molecule has 0 N–H and O–H groups in total. The largest absolute Gasteiger partial charge is 0.380 e. The Bertz CT molecular complexity index is 329. The van der Waals surface area contributed by atoms with Crippen LogP contribution < -0.4 is 4.90 Å². The highest BCUT2D eigenvalue weighted by Gasteiger charge is 2.49. The van der Waals surface area contributed by atoms with Crippen molar-refractivity contribution < 1.29 is 4.74 Å². The lowest BCUT2D eigenvalue weighted by molar-refractivity contribution is -0.127. The number of hydrogen-bond acceptors (Lipinski definition) is 4. The van der Waals surface area contributed by atoms with Gasteiger partial charge in [-0.05, 0) is 15.9 Å². The van der Waals surface area contributed by atoms with Crippen LogP contribution in [0.15, 0.2) is 9.98 Å². The molecular formula is C8H9BrN2OS. The summed E-state index contributed by atoms with van der Waals surface area (Å²) in [6, 6.07) is 0. The number of halogens is 1. The van der Waals surface area contributed by atoms with Crippen LogP contribution in [0.3, 0.4) is 0 Å².